The van der Waals surface area contributed by atoms with Gasteiger partial charge in [0.2, 0.25) is 0 Å². The van der Waals surface area contributed by atoms with E-state index in [0.717, 1.165) is 12.8 Å². The summed E-state index contributed by atoms with van der Waals surface area (Å²) in [6.07, 6.45) is 7.11. The Hall–Kier alpha value is -0.530. The van der Waals surface area contributed by atoms with Gasteiger partial charge in [0.1, 0.15) is 0 Å². The molecule has 1 heterocycles. The molecule has 0 bridgehead atoms. The van der Waals surface area contributed by atoms with Crippen LogP contribution in [0.2, 0.25) is 0 Å². The van der Waals surface area contributed by atoms with Crippen LogP contribution in [0.1, 0.15) is 52.4 Å². The van der Waals surface area contributed by atoms with Crippen LogP contribution in [0, 0.1) is 5.92 Å². The standard InChI is InChI=1S/C11H20O2/c1-3-4-5-6-7-10-8-9(2)13-11(10)12/h9-10H,3-8H2,1-2H3/t9-,10-/m1/s1. The highest BCUT2D eigenvalue weighted by Gasteiger charge is 2.30. The molecule has 2 atom stereocenters. The molecule has 1 fully saturated rings. The van der Waals surface area contributed by atoms with Crippen molar-refractivity contribution in [3.05, 3.63) is 0 Å². The predicted octanol–water partition coefficient (Wildman–Crippen LogP) is 2.91. The molecule has 0 aromatic rings. The molecule has 0 aromatic heterocycles. The number of unbranched alkanes of at least 4 members (excludes halogenated alkanes) is 3. The van der Waals surface area contributed by atoms with Crippen LogP contribution >= 0.6 is 0 Å². The molecule has 0 amide bonds. The Balaban J connectivity index is 2.11. The second kappa shape index (κ2) is 5.25. The van der Waals surface area contributed by atoms with E-state index in [-0.39, 0.29) is 18.0 Å². The van der Waals surface area contributed by atoms with Gasteiger partial charge in [0.25, 0.3) is 0 Å². The molecule has 13 heavy (non-hydrogen) atoms. The van der Waals surface area contributed by atoms with Gasteiger partial charge in [-0.1, -0.05) is 32.6 Å². The van der Waals surface area contributed by atoms with Gasteiger partial charge in [-0.3, -0.25) is 4.79 Å². The van der Waals surface area contributed by atoms with Crippen molar-refractivity contribution in [3.8, 4) is 0 Å². The molecule has 1 rings (SSSR count). The van der Waals surface area contributed by atoms with Gasteiger partial charge < -0.3 is 4.74 Å². The van der Waals surface area contributed by atoms with Gasteiger partial charge in [-0.2, -0.15) is 0 Å². The SMILES string of the molecule is CCCCCC[C@@H]1C[C@@H](C)OC1=O. The molecule has 0 radical (unpaired) electrons. The molecule has 0 spiro atoms. The highest BCUT2D eigenvalue weighted by molar-refractivity contribution is 5.74. The molecule has 0 aromatic carbocycles. The van der Waals surface area contributed by atoms with Crippen molar-refractivity contribution in [2.75, 3.05) is 0 Å². The van der Waals surface area contributed by atoms with Gasteiger partial charge in [0.05, 0.1) is 12.0 Å². The maximum absolute atomic E-state index is 11.2. The Labute approximate surface area is 80.7 Å². The van der Waals surface area contributed by atoms with Crippen molar-refractivity contribution in [3.63, 3.8) is 0 Å². The third kappa shape index (κ3) is 3.37. The molecule has 2 heteroatoms. The summed E-state index contributed by atoms with van der Waals surface area (Å²) in [7, 11) is 0. The number of carbonyl (C=O) groups excluding carboxylic acids is 1. The monoisotopic (exact) mass is 184 g/mol. The van der Waals surface area contributed by atoms with Gasteiger partial charge in [-0.25, -0.2) is 0 Å². The number of rotatable bonds is 5. The van der Waals surface area contributed by atoms with E-state index in [1.165, 1.54) is 25.7 Å². The summed E-state index contributed by atoms with van der Waals surface area (Å²) in [5, 5.41) is 0. The van der Waals surface area contributed by atoms with Crippen molar-refractivity contribution >= 4 is 5.97 Å². The number of esters is 1. The number of cyclic esters (lactones) is 1. The lowest BCUT2D eigenvalue weighted by Crippen LogP contribution is -2.07. The minimum atomic E-state index is 0.0315. The molecular weight excluding hydrogens is 164 g/mol. The summed E-state index contributed by atoms with van der Waals surface area (Å²) in [4.78, 5) is 11.2. The molecule has 0 unspecified atom stereocenters. The molecule has 0 aliphatic carbocycles. The molecule has 76 valence electrons. The van der Waals surface area contributed by atoms with E-state index in [1.807, 2.05) is 6.92 Å². The fraction of sp³-hybridized carbons (Fsp3) is 0.909. The van der Waals surface area contributed by atoms with Gasteiger partial charge in [0.15, 0.2) is 0 Å². The smallest absolute Gasteiger partial charge is 0.309 e. The van der Waals surface area contributed by atoms with E-state index in [1.54, 1.807) is 0 Å². The third-order valence-electron chi connectivity index (χ3n) is 2.67. The first-order chi connectivity index (χ1) is 6.24. The van der Waals surface area contributed by atoms with Crippen molar-refractivity contribution in [2.24, 2.45) is 5.92 Å². The highest BCUT2D eigenvalue weighted by atomic mass is 16.5. The Bertz CT molecular complexity index is 165. The van der Waals surface area contributed by atoms with E-state index in [4.69, 9.17) is 4.74 Å². The van der Waals surface area contributed by atoms with Crippen molar-refractivity contribution in [2.45, 2.75) is 58.5 Å². The van der Waals surface area contributed by atoms with Crippen LogP contribution < -0.4 is 0 Å². The molecule has 2 nitrogen and oxygen atoms in total. The Kier molecular flexibility index (Phi) is 4.26. The third-order valence-corrected chi connectivity index (χ3v) is 2.67. The lowest BCUT2D eigenvalue weighted by Gasteiger charge is -2.03. The normalized spacial score (nSPS) is 27.7. The van der Waals surface area contributed by atoms with Crippen LogP contribution in [-0.2, 0) is 9.53 Å². The Morgan fingerprint density at radius 2 is 2.15 bits per heavy atom. The summed E-state index contributed by atoms with van der Waals surface area (Å²) in [6, 6.07) is 0. The van der Waals surface area contributed by atoms with E-state index < -0.39 is 0 Å². The van der Waals surface area contributed by atoms with E-state index >= 15 is 0 Å². The minimum absolute atomic E-state index is 0.0315. The minimum Gasteiger partial charge on any atom is -0.462 e. The molecule has 0 N–H and O–H groups in total. The number of carbonyl (C=O) groups is 1. The summed E-state index contributed by atoms with van der Waals surface area (Å²) in [5.41, 5.74) is 0. The molecule has 1 saturated heterocycles. The zero-order chi connectivity index (χ0) is 9.68. The van der Waals surface area contributed by atoms with Gasteiger partial charge in [-0.05, 0) is 19.8 Å². The topological polar surface area (TPSA) is 26.3 Å². The van der Waals surface area contributed by atoms with Crippen molar-refractivity contribution in [1.82, 2.24) is 0 Å². The van der Waals surface area contributed by atoms with E-state index in [2.05, 4.69) is 6.92 Å². The predicted molar refractivity (Wildman–Crippen MR) is 52.4 cm³/mol. The first-order valence-corrected chi connectivity index (χ1v) is 5.44. The zero-order valence-electron chi connectivity index (χ0n) is 8.71. The first kappa shape index (κ1) is 10.6. The van der Waals surface area contributed by atoms with Crippen LogP contribution in [0.25, 0.3) is 0 Å². The molecule has 1 aliphatic heterocycles. The van der Waals surface area contributed by atoms with Gasteiger partial charge >= 0.3 is 5.97 Å². The first-order valence-electron chi connectivity index (χ1n) is 5.44. The van der Waals surface area contributed by atoms with Crippen molar-refractivity contribution in [1.29, 1.82) is 0 Å². The maximum atomic E-state index is 11.2. The average molecular weight is 184 g/mol. The van der Waals surface area contributed by atoms with Crippen LogP contribution in [0.4, 0.5) is 0 Å². The summed E-state index contributed by atoms with van der Waals surface area (Å²) in [6.45, 7) is 4.18. The van der Waals surface area contributed by atoms with Gasteiger partial charge in [-0.15, -0.1) is 0 Å². The van der Waals surface area contributed by atoms with Crippen LogP contribution in [0.15, 0.2) is 0 Å². The molecule has 1 aliphatic rings. The molecular formula is C11H20O2. The Morgan fingerprint density at radius 3 is 2.69 bits per heavy atom. The van der Waals surface area contributed by atoms with E-state index in [9.17, 15) is 4.79 Å². The second-order valence-electron chi connectivity index (χ2n) is 4.03. The fourth-order valence-corrected chi connectivity index (χ4v) is 1.89. The van der Waals surface area contributed by atoms with Crippen LogP contribution in [-0.4, -0.2) is 12.1 Å². The Morgan fingerprint density at radius 1 is 1.38 bits per heavy atom. The number of hydrogen-bond acceptors (Lipinski definition) is 2. The maximum Gasteiger partial charge on any atom is 0.309 e. The summed E-state index contributed by atoms with van der Waals surface area (Å²) < 4.78 is 5.09. The number of ether oxygens (including phenoxy) is 1. The summed E-state index contributed by atoms with van der Waals surface area (Å²) in [5.74, 6) is 0.232. The van der Waals surface area contributed by atoms with Crippen LogP contribution in [0.3, 0.4) is 0 Å². The quantitative estimate of drug-likeness (QED) is 0.485. The summed E-state index contributed by atoms with van der Waals surface area (Å²) >= 11 is 0. The van der Waals surface area contributed by atoms with Crippen molar-refractivity contribution < 1.29 is 9.53 Å². The second-order valence-corrected chi connectivity index (χ2v) is 4.03. The lowest BCUT2D eigenvalue weighted by atomic mass is 9.98. The van der Waals surface area contributed by atoms with E-state index in [0.29, 0.717) is 0 Å². The average Bonchev–Trinajstić information content (AvgIpc) is 2.39. The largest absolute Gasteiger partial charge is 0.462 e. The highest BCUT2D eigenvalue weighted by Crippen LogP contribution is 2.25. The number of hydrogen-bond donors (Lipinski definition) is 0. The zero-order valence-corrected chi connectivity index (χ0v) is 8.71. The van der Waals surface area contributed by atoms with Gasteiger partial charge in [0, 0.05) is 0 Å². The molecule has 0 saturated carbocycles. The lowest BCUT2D eigenvalue weighted by molar-refractivity contribution is -0.143. The van der Waals surface area contributed by atoms with Crippen LogP contribution in [0.5, 0.6) is 0 Å². The fourth-order valence-electron chi connectivity index (χ4n) is 1.89.